The number of nitrogens with one attached hydrogen (secondary N) is 1. The Morgan fingerprint density at radius 1 is 1.37 bits per heavy atom. The number of nitrogen functional groups attached to an aromatic ring is 1. The monoisotopic (exact) mass is 281 g/mol. The van der Waals surface area contributed by atoms with Crippen molar-refractivity contribution in [3.63, 3.8) is 0 Å². The van der Waals surface area contributed by atoms with Gasteiger partial charge < -0.3 is 11.1 Å². The molecule has 0 spiro atoms. The Morgan fingerprint density at radius 2 is 2.05 bits per heavy atom. The maximum atomic E-state index is 6.19. The van der Waals surface area contributed by atoms with E-state index in [0.29, 0.717) is 12.0 Å². The number of nitrogens with zero attached hydrogens (tertiary/aromatic N) is 1. The van der Waals surface area contributed by atoms with Crippen LogP contribution in [0.25, 0.3) is 0 Å². The quantitative estimate of drug-likeness (QED) is 0.834. The summed E-state index contributed by atoms with van der Waals surface area (Å²) in [6, 6.07) is 6.20. The first-order valence-corrected chi connectivity index (χ1v) is 7.51. The van der Waals surface area contributed by atoms with Gasteiger partial charge in [0.15, 0.2) is 0 Å². The van der Waals surface area contributed by atoms with E-state index in [4.69, 9.17) is 17.3 Å². The highest BCUT2D eigenvalue weighted by molar-refractivity contribution is 6.30. The molecule has 2 atom stereocenters. The summed E-state index contributed by atoms with van der Waals surface area (Å²) in [4.78, 5) is 2.53. The Morgan fingerprint density at radius 3 is 2.68 bits per heavy atom. The van der Waals surface area contributed by atoms with E-state index in [0.717, 1.165) is 43.3 Å². The average Bonchev–Trinajstić information content (AvgIpc) is 2.44. The van der Waals surface area contributed by atoms with Crippen molar-refractivity contribution >= 4 is 17.3 Å². The topological polar surface area (TPSA) is 41.3 Å². The van der Waals surface area contributed by atoms with Crippen molar-refractivity contribution in [2.75, 3.05) is 31.9 Å². The van der Waals surface area contributed by atoms with Crippen LogP contribution in [0.1, 0.15) is 31.9 Å². The standard InChI is InChI=1S/C15H24ClN3/c1-3-11(2)15(19-8-6-18-7-9-19)13-10-12(16)4-5-14(13)17/h4-5,10-11,15,18H,3,6-9,17H2,1-2H3/t11?,15-/m0/s1. The summed E-state index contributed by atoms with van der Waals surface area (Å²) in [7, 11) is 0. The summed E-state index contributed by atoms with van der Waals surface area (Å²) < 4.78 is 0. The molecule has 1 aliphatic rings. The van der Waals surface area contributed by atoms with Crippen LogP contribution in [0.3, 0.4) is 0 Å². The second-order valence-electron chi connectivity index (χ2n) is 5.39. The molecule has 4 heteroatoms. The van der Waals surface area contributed by atoms with E-state index in [1.165, 1.54) is 5.56 Å². The lowest BCUT2D eigenvalue weighted by molar-refractivity contribution is 0.129. The van der Waals surface area contributed by atoms with E-state index in [9.17, 15) is 0 Å². The number of halogens is 1. The summed E-state index contributed by atoms with van der Waals surface area (Å²) in [5.74, 6) is 0.568. The molecule has 1 heterocycles. The molecule has 0 radical (unpaired) electrons. The number of nitrogens with two attached hydrogens (primary N) is 1. The molecule has 1 unspecified atom stereocenters. The lowest BCUT2D eigenvalue weighted by Gasteiger charge is -2.39. The first kappa shape index (κ1) is 14.6. The van der Waals surface area contributed by atoms with Gasteiger partial charge in [0.05, 0.1) is 0 Å². The summed E-state index contributed by atoms with van der Waals surface area (Å²) in [5.41, 5.74) is 8.23. The minimum Gasteiger partial charge on any atom is -0.398 e. The van der Waals surface area contributed by atoms with Gasteiger partial charge in [-0.2, -0.15) is 0 Å². The van der Waals surface area contributed by atoms with Crippen LogP contribution in [-0.4, -0.2) is 31.1 Å². The van der Waals surface area contributed by atoms with Crippen molar-refractivity contribution in [1.29, 1.82) is 0 Å². The number of piperazine rings is 1. The van der Waals surface area contributed by atoms with Crippen LogP contribution < -0.4 is 11.1 Å². The van der Waals surface area contributed by atoms with Gasteiger partial charge in [-0.25, -0.2) is 0 Å². The predicted octanol–water partition coefficient (Wildman–Crippen LogP) is 2.91. The minimum atomic E-state index is 0.366. The third kappa shape index (κ3) is 3.41. The van der Waals surface area contributed by atoms with Gasteiger partial charge in [0.1, 0.15) is 0 Å². The van der Waals surface area contributed by atoms with Crippen LogP contribution in [0.2, 0.25) is 5.02 Å². The number of benzene rings is 1. The van der Waals surface area contributed by atoms with Crippen molar-refractivity contribution in [1.82, 2.24) is 10.2 Å². The van der Waals surface area contributed by atoms with E-state index in [-0.39, 0.29) is 0 Å². The van der Waals surface area contributed by atoms with Crippen molar-refractivity contribution < 1.29 is 0 Å². The predicted molar refractivity (Wildman–Crippen MR) is 82.5 cm³/mol. The SMILES string of the molecule is CCC(C)[C@@H](c1cc(Cl)ccc1N)N1CCNCC1. The highest BCUT2D eigenvalue weighted by Gasteiger charge is 2.27. The molecule has 0 saturated carbocycles. The van der Waals surface area contributed by atoms with E-state index in [2.05, 4.69) is 24.1 Å². The number of rotatable bonds is 4. The van der Waals surface area contributed by atoms with Crippen LogP contribution >= 0.6 is 11.6 Å². The molecule has 0 aromatic heterocycles. The van der Waals surface area contributed by atoms with E-state index in [1.54, 1.807) is 0 Å². The highest BCUT2D eigenvalue weighted by Crippen LogP contribution is 2.35. The van der Waals surface area contributed by atoms with Gasteiger partial charge in [0.25, 0.3) is 0 Å². The first-order valence-electron chi connectivity index (χ1n) is 7.13. The van der Waals surface area contributed by atoms with Crippen LogP contribution in [-0.2, 0) is 0 Å². The van der Waals surface area contributed by atoms with Gasteiger partial charge in [-0.15, -0.1) is 0 Å². The molecule has 1 aromatic rings. The van der Waals surface area contributed by atoms with Crippen LogP contribution in [0, 0.1) is 5.92 Å². The molecule has 0 bridgehead atoms. The molecule has 106 valence electrons. The zero-order valence-electron chi connectivity index (χ0n) is 11.8. The van der Waals surface area contributed by atoms with Crippen molar-refractivity contribution in [2.45, 2.75) is 26.3 Å². The minimum absolute atomic E-state index is 0.366. The normalized spacial score (nSPS) is 20.2. The fraction of sp³-hybridized carbons (Fsp3) is 0.600. The van der Waals surface area contributed by atoms with Gasteiger partial charge >= 0.3 is 0 Å². The van der Waals surface area contributed by atoms with Crippen molar-refractivity contribution in [3.8, 4) is 0 Å². The Labute approximate surface area is 121 Å². The van der Waals surface area contributed by atoms with Crippen LogP contribution in [0.15, 0.2) is 18.2 Å². The van der Waals surface area contributed by atoms with Gasteiger partial charge in [0.2, 0.25) is 0 Å². The van der Waals surface area contributed by atoms with Crippen LogP contribution in [0.5, 0.6) is 0 Å². The van der Waals surface area contributed by atoms with Crippen molar-refractivity contribution in [3.05, 3.63) is 28.8 Å². The molecule has 0 amide bonds. The van der Waals surface area contributed by atoms with Gasteiger partial charge in [-0.1, -0.05) is 31.9 Å². The summed E-state index contributed by atoms with van der Waals surface area (Å²) in [6.45, 7) is 8.77. The maximum absolute atomic E-state index is 6.19. The fourth-order valence-electron chi connectivity index (χ4n) is 2.85. The van der Waals surface area contributed by atoms with E-state index >= 15 is 0 Å². The summed E-state index contributed by atoms with van der Waals surface area (Å²) >= 11 is 6.16. The number of anilines is 1. The Bertz CT molecular complexity index is 416. The second kappa shape index (κ2) is 6.60. The largest absolute Gasteiger partial charge is 0.398 e. The van der Waals surface area contributed by atoms with E-state index < -0.39 is 0 Å². The lowest BCUT2D eigenvalue weighted by atomic mass is 9.89. The molecule has 0 aliphatic carbocycles. The van der Waals surface area contributed by atoms with Gasteiger partial charge in [-0.05, 0) is 29.7 Å². The first-order chi connectivity index (χ1) is 9.13. The van der Waals surface area contributed by atoms with Gasteiger partial charge in [0, 0.05) is 42.9 Å². The average molecular weight is 282 g/mol. The molecule has 3 nitrogen and oxygen atoms in total. The van der Waals surface area contributed by atoms with Gasteiger partial charge in [-0.3, -0.25) is 4.90 Å². The zero-order chi connectivity index (χ0) is 13.8. The summed E-state index contributed by atoms with van der Waals surface area (Å²) in [5, 5.41) is 4.18. The highest BCUT2D eigenvalue weighted by atomic mass is 35.5. The molecule has 1 saturated heterocycles. The molecule has 1 aliphatic heterocycles. The third-order valence-corrected chi connectivity index (χ3v) is 4.33. The molecule has 3 N–H and O–H groups in total. The zero-order valence-corrected chi connectivity index (χ0v) is 12.6. The summed E-state index contributed by atoms with van der Waals surface area (Å²) in [6.07, 6.45) is 1.14. The van der Waals surface area contributed by atoms with Crippen LogP contribution in [0.4, 0.5) is 5.69 Å². The van der Waals surface area contributed by atoms with Crippen molar-refractivity contribution in [2.24, 2.45) is 5.92 Å². The molecular weight excluding hydrogens is 258 g/mol. The molecule has 1 aromatic carbocycles. The second-order valence-corrected chi connectivity index (χ2v) is 5.83. The molecule has 2 rings (SSSR count). The number of hydrogen-bond donors (Lipinski definition) is 2. The lowest BCUT2D eigenvalue weighted by Crippen LogP contribution is -2.46. The third-order valence-electron chi connectivity index (χ3n) is 4.10. The smallest absolute Gasteiger partial charge is 0.0410 e. The fourth-order valence-corrected chi connectivity index (χ4v) is 3.03. The Kier molecular flexibility index (Phi) is 5.08. The molecule has 1 fully saturated rings. The number of hydrogen-bond acceptors (Lipinski definition) is 3. The maximum Gasteiger partial charge on any atom is 0.0410 e. The Balaban J connectivity index is 2.33. The molecule has 19 heavy (non-hydrogen) atoms. The van der Waals surface area contributed by atoms with E-state index in [1.807, 2.05) is 18.2 Å². The Hall–Kier alpha value is -0.770. The molecular formula is C15H24ClN3.